The molecule has 1 heterocycles. The Morgan fingerprint density at radius 1 is 1.39 bits per heavy atom. The lowest BCUT2D eigenvalue weighted by Crippen LogP contribution is -2.28. The number of rotatable bonds is 7. The smallest absolute Gasteiger partial charge is 0.258 e. The topological polar surface area (TPSA) is 88.3 Å². The zero-order valence-corrected chi connectivity index (χ0v) is 11.6. The van der Waals surface area contributed by atoms with E-state index in [1.54, 1.807) is 6.07 Å². The normalized spacial score (nSPS) is 12.0. The van der Waals surface area contributed by atoms with Gasteiger partial charge in [0.05, 0.1) is 0 Å². The van der Waals surface area contributed by atoms with E-state index in [0.29, 0.717) is 13.1 Å². The zero-order valence-electron chi connectivity index (χ0n) is 10.8. The lowest BCUT2D eigenvalue weighted by atomic mass is 10.3. The summed E-state index contributed by atoms with van der Waals surface area (Å²) in [6, 6.07) is 3.14. The molecule has 6 nitrogen and oxygen atoms in total. The van der Waals surface area contributed by atoms with E-state index in [4.69, 9.17) is 5.73 Å². The largest absolute Gasteiger partial charge is 0.326 e. The SMILES string of the molecule is CN(C)CCCNS(=O)(=O)c1ccc(CN)cn1. The highest BCUT2D eigenvalue weighted by Gasteiger charge is 2.14. The molecule has 0 atom stereocenters. The highest BCUT2D eigenvalue weighted by Crippen LogP contribution is 2.06. The number of hydrogen-bond acceptors (Lipinski definition) is 5. The van der Waals surface area contributed by atoms with E-state index in [1.165, 1.54) is 12.3 Å². The third kappa shape index (κ3) is 4.69. The Hall–Kier alpha value is -1.02. The van der Waals surface area contributed by atoms with Crippen molar-refractivity contribution in [3.05, 3.63) is 23.9 Å². The maximum Gasteiger partial charge on any atom is 0.258 e. The maximum absolute atomic E-state index is 11.9. The molecular weight excluding hydrogens is 252 g/mol. The summed E-state index contributed by atoms with van der Waals surface area (Å²) in [4.78, 5) is 5.90. The first kappa shape index (κ1) is 15.0. The van der Waals surface area contributed by atoms with Gasteiger partial charge in [0.25, 0.3) is 10.0 Å². The van der Waals surface area contributed by atoms with Gasteiger partial charge in [-0.1, -0.05) is 6.07 Å². The van der Waals surface area contributed by atoms with Gasteiger partial charge in [-0.05, 0) is 38.7 Å². The minimum Gasteiger partial charge on any atom is -0.326 e. The van der Waals surface area contributed by atoms with Crippen molar-refractivity contribution in [3.8, 4) is 0 Å². The van der Waals surface area contributed by atoms with Crippen molar-refractivity contribution < 1.29 is 8.42 Å². The molecule has 0 spiro atoms. The third-order valence-corrected chi connectivity index (χ3v) is 3.76. The Labute approximate surface area is 108 Å². The molecule has 0 amide bonds. The van der Waals surface area contributed by atoms with Gasteiger partial charge in [-0.3, -0.25) is 0 Å². The van der Waals surface area contributed by atoms with E-state index in [1.807, 2.05) is 19.0 Å². The molecule has 18 heavy (non-hydrogen) atoms. The quantitative estimate of drug-likeness (QED) is 0.669. The summed E-state index contributed by atoms with van der Waals surface area (Å²) in [6.45, 7) is 1.59. The second-order valence-corrected chi connectivity index (χ2v) is 5.98. The number of nitrogens with zero attached hydrogens (tertiary/aromatic N) is 2. The zero-order chi connectivity index (χ0) is 13.6. The van der Waals surface area contributed by atoms with Crippen LogP contribution >= 0.6 is 0 Å². The fourth-order valence-electron chi connectivity index (χ4n) is 1.37. The number of hydrogen-bond donors (Lipinski definition) is 2. The highest BCUT2D eigenvalue weighted by molar-refractivity contribution is 7.89. The fraction of sp³-hybridized carbons (Fsp3) is 0.545. The standard InChI is InChI=1S/C11H20N4O2S/c1-15(2)7-3-6-14-18(16,17)11-5-4-10(8-12)9-13-11/h4-5,9,14H,3,6-8,12H2,1-2H3. The Morgan fingerprint density at radius 2 is 2.11 bits per heavy atom. The molecular formula is C11H20N4O2S. The molecule has 0 aliphatic rings. The number of pyridine rings is 1. The van der Waals surface area contributed by atoms with Crippen molar-refractivity contribution in [1.82, 2.24) is 14.6 Å². The lowest BCUT2D eigenvalue weighted by Gasteiger charge is -2.10. The van der Waals surface area contributed by atoms with Crippen molar-refractivity contribution in [3.63, 3.8) is 0 Å². The van der Waals surface area contributed by atoms with Crippen LogP contribution in [0.3, 0.4) is 0 Å². The van der Waals surface area contributed by atoms with Gasteiger partial charge in [-0.25, -0.2) is 18.1 Å². The summed E-state index contributed by atoms with van der Waals surface area (Å²) in [5.41, 5.74) is 6.23. The molecule has 1 aromatic heterocycles. The van der Waals surface area contributed by atoms with Crippen molar-refractivity contribution >= 4 is 10.0 Å². The monoisotopic (exact) mass is 272 g/mol. The number of nitrogens with two attached hydrogens (primary N) is 1. The Kier molecular flexibility index (Phi) is 5.67. The number of aromatic nitrogens is 1. The minimum absolute atomic E-state index is 0.0320. The first-order chi connectivity index (χ1) is 8.45. The predicted octanol–water partition coefficient (Wildman–Crippen LogP) is -0.230. The molecule has 0 unspecified atom stereocenters. The van der Waals surface area contributed by atoms with Crippen molar-refractivity contribution in [2.75, 3.05) is 27.2 Å². The van der Waals surface area contributed by atoms with Crippen LogP contribution in [0, 0.1) is 0 Å². The first-order valence-corrected chi connectivity index (χ1v) is 7.23. The number of nitrogens with one attached hydrogen (secondary N) is 1. The van der Waals surface area contributed by atoms with Crippen LogP contribution in [0.4, 0.5) is 0 Å². The molecule has 0 aromatic carbocycles. The van der Waals surface area contributed by atoms with Gasteiger partial charge in [0.2, 0.25) is 0 Å². The molecule has 1 rings (SSSR count). The van der Waals surface area contributed by atoms with Crippen LogP contribution in [-0.2, 0) is 16.6 Å². The molecule has 0 aliphatic carbocycles. The highest BCUT2D eigenvalue weighted by atomic mass is 32.2. The molecule has 0 fully saturated rings. The van der Waals surface area contributed by atoms with Crippen molar-refractivity contribution in [1.29, 1.82) is 0 Å². The molecule has 0 saturated carbocycles. The molecule has 3 N–H and O–H groups in total. The molecule has 0 radical (unpaired) electrons. The van der Waals surface area contributed by atoms with E-state index in [9.17, 15) is 8.42 Å². The molecule has 102 valence electrons. The van der Waals surface area contributed by atoms with Gasteiger partial charge in [0, 0.05) is 19.3 Å². The average Bonchev–Trinajstić information content (AvgIpc) is 2.34. The van der Waals surface area contributed by atoms with Gasteiger partial charge in [0.15, 0.2) is 5.03 Å². The minimum atomic E-state index is -3.50. The molecule has 0 saturated heterocycles. The van der Waals surface area contributed by atoms with Crippen LogP contribution in [0.1, 0.15) is 12.0 Å². The summed E-state index contributed by atoms with van der Waals surface area (Å²) in [5, 5.41) is 0.0320. The van der Waals surface area contributed by atoms with Crippen LogP contribution in [-0.4, -0.2) is 45.5 Å². The first-order valence-electron chi connectivity index (χ1n) is 5.75. The second-order valence-electron chi connectivity index (χ2n) is 4.26. The van der Waals surface area contributed by atoms with E-state index < -0.39 is 10.0 Å². The summed E-state index contributed by atoms with van der Waals surface area (Å²) < 4.78 is 26.2. The number of sulfonamides is 1. The second kappa shape index (κ2) is 6.79. The molecule has 0 aliphatic heterocycles. The van der Waals surface area contributed by atoms with Crippen LogP contribution in [0.5, 0.6) is 0 Å². The Balaban J connectivity index is 2.57. The van der Waals surface area contributed by atoms with E-state index in [-0.39, 0.29) is 5.03 Å². The van der Waals surface area contributed by atoms with Crippen LogP contribution in [0.25, 0.3) is 0 Å². The van der Waals surface area contributed by atoms with Gasteiger partial charge in [0.1, 0.15) is 0 Å². The van der Waals surface area contributed by atoms with Crippen LogP contribution in [0.2, 0.25) is 0 Å². The van der Waals surface area contributed by atoms with Crippen molar-refractivity contribution in [2.24, 2.45) is 5.73 Å². The Bertz CT molecular complexity index is 456. The summed E-state index contributed by atoms with van der Waals surface area (Å²) in [7, 11) is 0.388. The van der Waals surface area contributed by atoms with Crippen LogP contribution < -0.4 is 10.5 Å². The summed E-state index contributed by atoms with van der Waals surface area (Å²) in [5.74, 6) is 0. The summed E-state index contributed by atoms with van der Waals surface area (Å²) in [6.07, 6.45) is 2.24. The van der Waals surface area contributed by atoms with Gasteiger partial charge >= 0.3 is 0 Å². The van der Waals surface area contributed by atoms with Gasteiger partial charge in [-0.2, -0.15) is 0 Å². The van der Waals surface area contributed by atoms with Gasteiger partial charge < -0.3 is 10.6 Å². The van der Waals surface area contributed by atoms with E-state index in [2.05, 4.69) is 9.71 Å². The van der Waals surface area contributed by atoms with Crippen molar-refractivity contribution in [2.45, 2.75) is 18.0 Å². The lowest BCUT2D eigenvalue weighted by molar-refractivity contribution is 0.400. The average molecular weight is 272 g/mol. The van der Waals surface area contributed by atoms with Gasteiger partial charge in [-0.15, -0.1) is 0 Å². The maximum atomic E-state index is 11.9. The van der Waals surface area contributed by atoms with E-state index in [0.717, 1.165) is 18.5 Å². The Morgan fingerprint density at radius 3 is 2.61 bits per heavy atom. The van der Waals surface area contributed by atoms with Crippen LogP contribution in [0.15, 0.2) is 23.4 Å². The molecule has 7 heteroatoms. The fourth-order valence-corrected chi connectivity index (χ4v) is 2.37. The molecule has 1 aromatic rings. The molecule has 0 bridgehead atoms. The summed E-state index contributed by atoms with van der Waals surface area (Å²) >= 11 is 0. The van der Waals surface area contributed by atoms with E-state index >= 15 is 0 Å². The third-order valence-electron chi connectivity index (χ3n) is 2.38. The predicted molar refractivity (Wildman–Crippen MR) is 70.5 cm³/mol.